The fourth-order valence-corrected chi connectivity index (χ4v) is 4.37. The lowest BCUT2D eigenvalue weighted by Crippen LogP contribution is -2.33. The summed E-state index contributed by atoms with van der Waals surface area (Å²) in [6, 6.07) is 12.5. The van der Waals surface area contributed by atoms with Crippen molar-refractivity contribution in [2.24, 2.45) is 0 Å². The third-order valence-corrected chi connectivity index (χ3v) is 6.08. The molecule has 1 aliphatic heterocycles. The molecule has 0 spiro atoms. The SMILES string of the molecule is O=C1CC(O)CC(CCn2c(C3CC3)nc(-c3ccc(F)cc3)c2-c2ccc(F)cc2)O1. The molecular weight excluding hydrogens is 414 g/mol. The van der Waals surface area contributed by atoms with Crippen LogP contribution in [0.4, 0.5) is 8.78 Å². The Morgan fingerprint density at radius 2 is 1.62 bits per heavy atom. The van der Waals surface area contributed by atoms with Crippen LogP contribution in [0, 0.1) is 11.6 Å². The lowest BCUT2D eigenvalue weighted by molar-refractivity contribution is -0.160. The molecule has 0 radical (unpaired) electrons. The maximum absolute atomic E-state index is 13.6. The van der Waals surface area contributed by atoms with Crippen LogP contribution >= 0.6 is 0 Å². The molecule has 2 aliphatic rings. The van der Waals surface area contributed by atoms with E-state index in [4.69, 9.17) is 9.72 Å². The summed E-state index contributed by atoms with van der Waals surface area (Å²) in [7, 11) is 0. The van der Waals surface area contributed by atoms with Crippen molar-refractivity contribution in [1.82, 2.24) is 9.55 Å². The number of carbonyl (C=O) groups excluding carboxylic acids is 1. The fourth-order valence-electron chi connectivity index (χ4n) is 4.37. The largest absolute Gasteiger partial charge is 0.462 e. The standard InChI is InChI=1S/C25H24F2N2O3/c26-18-7-3-15(4-8-18)23-24(16-5-9-19(27)10-6-16)29(25(28-23)17-1-2-17)12-11-21-13-20(30)14-22(31)32-21/h3-10,17,20-21,30H,1-2,11-14H2. The zero-order valence-corrected chi connectivity index (χ0v) is 17.5. The first-order valence-corrected chi connectivity index (χ1v) is 11.0. The van der Waals surface area contributed by atoms with E-state index in [1.54, 1.807) is 24.3 Å². The monoisotopic (exact) mass is 438 g/mol. The van der Waals surface area contributed by atoms with E-state index in [1.165, 1.54) is 24.3 Å². The summed E-state index contributed by atoms with van der Waals surface area (Å²) in [6.45, 7) is 0.539. The lowest BCUT2D eigenvalue weighted by Gasteiger charge is -2.26. The number of carbonyl (C=O) groups is 1. The van der Waals surface area contributed by atoms with Crippen molar-refractivity contribution >= 4 is 5.97 Å². The van der Waals surface area contributed by atoms with Crippen LogP contribution in [0.5, 0.6) is 0 Å². The predicted octanol–water partition coefficient (Wildman–Crippen LogP) is 4.83. The number of halogens is 2. The van der Waals surface area contributed by atoms with Gasteiger partial charge in [0.15, 0.2) is 0 Å². The molecule has 1 aliphatic carbocycles. The number of benzene rings is 2. The van der Waals surface area contributed by atoms with E-state index in [0.29, 0.717) is 25.3 Å². The second kappa shape index (κ2) is 8.47. The Morgan fingerprint density at radius 3 is 2.22 bits per heavy atom. The molecular formula is C25H24F2N2O3. The number of imidazole rings is 1. The molecule has 0 bridgehead atoms. The maximum atomic E-state index is 13.6. The Hall–Kier alpha value is -3.06. The van der Waals surface area contributed by atoms with Crippen molar-refractivity contribution in [3.05, 3.63) is 66.0 Å². The van der Waals surface area contributed by atoms with Crippen molar-refractivity contribution < 1.29 is 23.4 Å². The van der Waals surface area contributed by atoms with E-state index in [0.717, 1.165) is 41.2 Å². The molecule has 32 heavy (non-hydrogen) atoms. The molecule has 2 unspecified atom stereocenters. The molecule has 166 valence electrons. The van der Waals surface area contributed by atoms with Crippen LogP contribution in [0.2, 0.25) is 0 Å². The first-order chi connectivity index (χ1) is 15.5. The minimum absolute atomic E-state index is 0.0322. The molecule has 3 aromatic rings. The van der Waals surface area contributed by atoms with Crippen molar-refractivity contribution in [2.45, 2.75) is 56.8 Å². The third-order valence-electron chi connectivity index (χ3n) is 6.08. The number of ether oxygens (including phenoxy) is 1. The molecule has 2 fully saturated rings. The molecule has 2 heterocycles. The topological polar surface area (TPSA) is 64.3 Å². The van der Waals surface area contributed by atoms with Crippen molar-refractivity contribution in [1.29, 1.82) is 0 Å². The molecule has 0 amide bonds. The average Bonchev–Trinajstić information content (AvgIpc) is 3.54. The summed E-state index contributed by atoms with van der Waals surface area (Å²) in [6.07, 6.45) is 2.02. The first kappa shape index (κ1) is 20.8. The van der Waals surface area contributed by atoms with Gasteiger partial charge in [0.05, 0.1) is 23.9 Å². The van der Waals surface area contributed by atoms with Gasteiger partial charge < -0.3 is 14.4 Å². The number of esters is 1. The third kappa shape index (κ3) is 4.30. The number of aromatic nitrogens is 2. The van der Waals surface area contributed by atoms with Gasteiger partial charge in [0.1, 0.15) is 23.6 Å². The number of aliphatic hydroxyl groups excluding tert-OH is 1. The van der Waals surface area contributed by atoms with Crippen LogP contribution in [0.1, 0.15) is 43.8 Å². The van der Waals surface area contributed by atoms with Gasteiger partial charge in [0.25, 0.3) is 0 Å². The molecule has 5 nitrogen and oxygen atoms in total. The Morgan fingerprint density at radius 1 is 1.00 bits per heavy atom. The van der Waals surface area contributed by atoms with Gasteiger partial charge in [-0.05, 0) is 61.4 Å². The van der Waals surface area contributed by atoms with Crippen LogP contribution in [0.3, 0.4) is 0 Å². The first-order valence-electron chi connectivity index (χ1n) is 11.0. The van der Waals surface area contributed by atoms with E-state index < -0.39 is 6.10 Å². The van der Waals surface area contributed by atoms with Gasteiger partial charge in [-0.2, -0.15) is 0 Å². The second-order valence-corrected chi connectivity index (χ2v) is 8.60. The zero-order valence-electron chi connectivity index (χ0n) is 17.5. The van der Waals surface area contributed by atoms with Gasteiger partial charge in [-0.15, -0.1) is 0 Å². The van der Waals surface area contributed by atoms with Crippen LogP contribution in [-0.2, 0) is 16.1 Å². The number of cyclic esters (lactones) is 1. The van der Waals surface area contributed by atoms with Gasteiger partial charge in [0.2, 0.25) is 0 Å². The summed E-state index contributed by atoms with van der Waals surface area (Å²) in [5.74, 6) is 0.243. The Bertz CT molecular complexity index is 1120. The van der Waals surface area contributed by atoms with Gasteiger partial charge in [-0.1, -0.05) is 0 Å². The normalized spacial score (nSPS) is 20.9. The smallest absolute Gasteiger partial charge is 0.308 e. The molecule has 2 atom stereocenters. The van der Waals surface area contributed by atoms with E-state index in [9.17, 15) is 18.7 Å². The van der Waals surface area contributed by atoms with Gasteiger partial charge in [-0.3, -0.25) is 4.79 Å². The summed E-state index contributed by atoms with van der Waals surface area (Å²) < 4.78 is 34.8. The molecule has 1 aromatic heterocycles. The number of hydrogen-bond acceptors (Lipinski definition) is 4. The average molecular weight is 438 g/mol. The minimum Gasteiger partial charge on any atom is -0.462 e. The Labute approximate surface area is 184 Å². The molecule has 1 saturated heterocycles. The van der Waals surface area contributed by atoms with Crippen molar-refractivity contribution in [2.75, 3.05) is 0 Å². The molecule has 1 saturated carbocycles. The number of rotatable bonds is 6. The van der Waals surface area contributed by atoms with E-state index in [2.05, 4.69) is 4.57 Å². The molecule has 2 aromatic carbocycles. The van der Waals surface area contributed by atoms with E-state index in [-0.39, 0.29) is 30.1 Å². The highest BCUT2D eigenvalue weighted by molar-refractivity contribution is 5.79. The maximum Gasteiger partial charge on any atom is 0.308 e. The van der Waals surface area contributed by atoms with Crippen LogP contribution < -0.4 is 0 Å². The minimum atomic E-state index is -0.682. The van der Waals surface area contributed by atoms with Gasteiger partial charge >= 0.3 is 5.97 Å². The summed E-state index contributed by atoms with van der Waals surface area (Å²) in [5, 5.41) is 9.95. The number of nitrogens with zero attached hydrogens (tertiary/aromatic N) is 2. The zero-order chi connectivity index (χ0) is 22.2. The summed E-state index contributed by atoms with van der Waals surface area (Å²) in [5.41, 5.74) is 3.15. The van der Waals surface area contributed by atoms with Crippen LogP contribution in [0.25, 0.3) is 22.5 Å². The number of hydrogen-bond donors (Lipinski definition) is 1. The molecule has 7 heteroatoms. The van der Waals surface area contributed by atoms with E-state index >= 15 is 0 Å². The Balaban J connectivity index is 1.56. The number of aliphatic hydroxyl groups is 1. The second-order valence-electron chi connectivity index (χ2n) is 8.60. The molecule has 5 rings (SSSR count). The van der Waals surface area contributed by atoms with Gasteiger partial charge in [0, 0.05) is 36.4 Å². The van der Waals surface area contributed by atoms with Crippen LogP contribution in [0.15, 0.2) is 48.5 Å². The van der Waals surface area contributed by atoms with Gasteiger partial charge in [-0.25, -0.2) is 13.8 Å². The fraction of sp³-hybridized carbons (Fsp3) is 0.360. The summed E-state index contributed by atoms with van der Waals surface area (Å²) >= 11 is 0. The molecule has 1 N–H and O–H groups in total. The Kier molecular flexibility index (Phi) is 5.51. The predicted molar refractivity (Wildman–Crippen MR) is 115 cm³/mol. The highest BCUT2D eigenvalue weighted by Crippen LogP contribution is 2.44. The lowest BCUT2D eigenvalue weighted by atomic mass is 10.0. The van der Waals surface area contributed by atoms with E-state index in [1.807, 2.05) is 0 Å². The van der Waals surface area contributed by atoms with Crippen molar-refractivity contribution in [3.63, 3.8) is 0 Å². The highest BCUT2D eigenvalue weighted by atomic mass is 19.1. The van der Waals surface area contributed by atoms with Crippen molar-refractivity contribution in [3.8, 4) is 22.5 Å². The quantitative estimate of drug-likeness (QED) is 0.560. The summed E-state index contributed by atoms with van der Waals surface area (Å²) in [4.78, 5) is 16.7. The highest BCUT2D eigenvalue weighted by Gasteiger charge is 2.33. The van der Waals surface area contributed by atoms with Crippen LogP contribution in [-0.4, -0.2) is 32.8 Å².